The molecule has 2 aromatic carbocycles. The lowest BCUT2D eigenvalue weighted by Crippen LogP contribution is -2.55. The summed E-state index contributed by atoms with van der Waals surface area (Å²) in [4.78, 5) is 24.7. The first-order valence-electron chi connectivity index (χ1n) is 9.01. The molecule has 1 atom stereocenters. The Hall–Kier alpha value is -2.14. The van der Waals surface area contributed by atoms with E-state index in [1.807, 2.05) is 0 Å². The summed E-state index contributed by atoms with van der Waals surface area (Å²) in [5.41, 5.74) is 0.294. The topological polar surface area (TPSA) is 110 Å². The Labute approximate surface area is 177 Å². The van der Waals surface area contributed by atoms with Crippen LogP contribution in [0, 0.1) is 10.1 Å². The van der Waals surface area contributed by atoms with Crippen LogP contribution in [0.5, 0.6) is 0 Å². The van der Waals surface area contributed by atoms with Crippen LogP contribution < -0.4 is 5.32 Å². The fraction of sp³-hybridized carbons (Fsp3) is 0.316. The van der Waals surface area contributed by atoms with Crippen LogP contribution >= 0.6 is 15.9 Å². The fourth-order valence-corrected chi connectivity index (χ4v) is 5.26. The Morgan fingerprint density at radius 2 is 1.83 bits per heavy atom. The van der Waals surface area contributed by atoms with Gasteiger partial charge in [-0.25, -0.2) is 8.42 Å². The van der Waals surface area contributed by atoms with Crippen LogP contribution in [0.25, 0.3) is 0 Å². The van der Waals surface area contributed by atoms with E-state index in [1.54, 1.807) is 29.2 Å². The van der Waals surface area contributed by atoms with E-state index in [4.69, 9.17) is 0 Å². The number of rotatable bonds is 7. The van der Waals surface area contributed by atoms with Crippen LogP contribution in [0.3, 0.4) is 0 Å². The van der Waals surface area contributed by atoms with Crippen LogP contribution in [-0.4, -0.2) is 55.6 Å². The number of halogens is 1. The molecule has 0 spiro atoms. The van der Waals surface area contributed by atoms with Crippen molar-refractivity contribution < 1.29 is 18.1 Å². The maximum Gasteiger partial charge on any atom is 0.269 e. The quantitative estimate of drug-likeness (QED) is 0.367. The lowest BCUT2D eigenvalue weighted by molar-refractivity contribution is -0.384. The highest BCUT2D eigenvalue weighted by molar-refractivity contribution is 9.10. The molecule has 2 aromatic rings. The predicted molar refractivity (Wildman–Crippen MR) is 112 cm³/mol. The number of piperazine rings is 1. The van der Waals surface area contributed by atoms with Gasteiger partial charge < -0.3 is 5.32 Å². The summed E-state index contributed by atoms with van der Waals surface area (Å²) in [5, 5.41) is 13.1. The molecule has 1 unspecified atom stereocenters. The molecule has 1 saturated heterocycles. The molecule has 0 saturated carbocycles. The van der Waals surface area contributed by atoms with E-state index >= 15 is 0 Å². The summed E-state index contributed by atoms with van der Waals surface area (Å²) in [6.45, 7) is 1.72. The third-order valence-electron chi connectivity index (χ3n) is 4.83. The molecule has 0 aromatic heterocycles. The summed E-state index contributed by atoms with van der Waals surface area (Å²) >= 11 is 3.30. The molecule has 1 aliphatic rings. The third kappa shape index (κ3) is 5.08. The van der Waals surface area contributed by atoms with E-state index in [2.05, 4.69) is 21.2 Å². The molecule has 8 nitrogen and oxygen atoms in total. The number of nitro groups is 1. The second-order valence-electron chi connectivity index (χ2n) is 6.67. The number of sulfone groups is 1. The summed E-state index contributed by atoms with van der Waals surface area (Å²) in [5.74, 6) is -0.182. The summed E-state index contributed by atoms with van der Waals surface area (Å²) in [7, 11) is -3.60. The Bertz CT molecular complexity index is 994. The number of benzene rings is 2. The van der Waals surface area contributed by atoms with Crippen molar-refractivity contribution in [2.45, 2.75) is 16.7 Å². The molecular formula is C19H20BrN3O5S. The van der Waals surface area contributed by atoms with Crippen molar-refractivity contribution in [3.05, 3.63) is 68.7 Å². The van der Waals surface area contributed by atoms with Gasteiger partial charge in [0.1, 0.15) is 5.37 Å². The second kappa shape index (κ2) is 9.12. The van der Waals surface area contributed by atoms with E-state index < -0.39 is 20.1 Å². The highest BCUT2D eigenvalue weighted by Gasteiger charge is 2.34. The van der Waals surface area contributed by atoms with Crippen molar-refractivity contribution in [1.82, 2.24) is 10.2 Å². The molecule has 0 aliphatic carbocycles. The smallest absolute Gasteiger partial charge is 0.269 e. The van der Waals surface area contributed by atoms with Crippen LogP contribution in [-0.2, 0) is 9.84 Å². The van der Waals surface area contributed by atoms with Crippen molar-refractivity contribution in [2.75, 3.05) is 26.2 Å². The second-order valence-corrected chi connectivity index (χ2v) is 9.69. The fourth-order valence-electron chi connectivity index (χ4n) is 3.22. The van der Waals surface area contributed by atoms with E-state index in [0.717, 1.165) is 4.47 Å². The van der Waals surface area contributed by atoms with Gasteiger partial charge in [0.05, 0.1) is 9.82 Å². The van der Waals surface area contributed by atoms with Crippen molar-refractivity contribution in [3.8, 4) is 0 Å². The number of non-ortho nitro benzene ring substituents is 1. The average Bonchev–Trinajstić information content (AvgIpc) is 2.72. The first kappa shape index (κ1) is 21.6. The van der Waals surface area contributed by atoms with Gasteiger partial charge in [-0.05, 0) is 36.4 Å². The van der Waals surface area contributed by atoms with Crippen LogP contribution in [0.2, 0.25) is 0 Å². The number of nitro benzene ring substituents is 1. The number of hydrogen-bond donors (Lipinski definition) is 1. The van der Waals surface area contributed by atoms with Gasteiger partial charge in [0.2, 0.25) is 0 Å². The lowest BCUT2D eigenvalue weighted by atomic mass is 10.1. The van der Waals surface area contributed by atoms with Gasteiger partial charge in [-0.15, -0.1) is 0 Å². The summed E-state index contributed by atoms with van der Waals surface area (Å²) < 4.78 is 27.0. The molecule has 0 bridgehead atoms. The van der Waals surface area contributed by atoms with Gasteiger partial charge in [0.15, 0.2) is 15.6 Å². The minimum absolute atomic E-state index is 0.0793. The van der Waals surface area contributed by atoms with Crippen molar-refractivity contribution in [3.63, 3.8) is 0 Å². The molecule has 1 heterocycles. The van der Waals surface area contributed by atoms with E-state index in [1.165, 1.54) is 24.3 Å². The summed E-state index contributed by atoms with van der Waals surface area (Å²) in [6.07, 6.45) is 0.129. The highest BCUT2D eigenvalue weighted by atomic mass is 79.9. The van der Waals surface area contributed by atoms with Crippen molar-refractivity contribution >= 4 is 37.2 Å². The molecule has 29 heavy (non-hydrogen) atoms. The van der Waals surface area contributed by atoms with Gasteiger partial charge >= 0.3 is 0 Å². The van der Waals surface area contributed by atoms with Crippen LogP contribution in [0.1, 0.15) is 16.8 Å². The molecular weight excluding hydrogens is 462 g/mol. The molecule has 1 fully saturated rings. The SMILES string of the molecule is O=C(CCN1CCNCC1S(=O)(=O)c1ccc(Br)cc1)c1ccc([N+](=O)[O-])cc1. The first-order chi connectivity index (χ1) is 13.8. The van der Waals surface area contributed by atoms with Gasteiger partial charge in [0.25, 0.3) is 5.69 Å². The maximum atomic E-state index is 13.1. The molecule has 154 valence electrons. The van der Waals surface area contributed by atoms with Gasteiger partial charge in [-0.1, -0.05) is 15.9 Å². The molecule has 0 amide bonds. The zero-order valence-electron chi connectivity index (χ0n) is 15.5. The largest absolute Gasteiger partial charge is 0.313 e. The van der Waals surface area contributed by atoms with Crippen molar-refractivity contribution in [2.24, 2.45) is 0 Å². The van der Waals surface area contributed by atoms with E-state index in [9.17, 15) is 23.3 Å². The third-order valence-corrected chi connectivity index (χ3v) is 7.47. The molecule has 1 aliphatic heterocycles. The first-order valence-corrected chi connectivity index (χ1v) is 11.3. The number of ketones is 1. The Morgan fingerprint density at radius 1 is 1.17 bits per heavy atom. The monoisotopic (exact) mass is 481 g/mol. The minimum Gasteiger partial charge on any atom is -0.313 e. The molecule has 1 N–H and O–H groups in total. The average molecular weight is 482 g/mol. The van der Waals surface area contributed by atoms with Crippen LogP contribution in [0.4, 0.5) is 5.69 Å². The van der Waals surface area contributed by atoms with Crippen molar-refractivity contribution in [1.29, 1.82) is 0 Å². The number of nitrogens with zero attached hydrogens (tertiary/aromatic N) is 2. The number of Topliss-reactive ketones (excluding diaryl/α,β-unsaturated/α-hetero) is 1. The molecule has 10 heteroatoms. The Balaban J connectivity index is 1.70. The normalized spacial score (nSPS) is 17.8. The van der Waals surface area contributed by atoms with Gasteiger partial charge in [-0.2, -0.15) is 0 Å². The van der Waals surface area contributed by atoms with Crippen LogP contribution in [0.15, 0.2) is 57.9 Å². The minimum atomic E-state index is -3.60. The predicted octanol–water partition coefficient (Wildman–Crippen LogP) is 2.64. The number of carbonyl (C=O) groups is 1. The zero-order chi connectivity index (χ0) is 21.0. The van der Waals surface area contributed by atoms with E-state index in [0.29, 0.717) is 18.7 Å². The Morgan fingerprint density at radius 3 is 2.45 bits per heavy atom. The molecule has 0 radical (unpaired) electrons. The lowest BCUT2D eigenvalue weighted by Gasteiger charge is -2.35. The standard InChI is InChI=1S/C19H20BrN3O5S/c20-15-3-7-17(8-4-15)29(27,28)19-13-21-10-12-22(19)11-9-18(24)14-1-5-16(6-2-14)23(25)26/h1-8,19,21H,9-13H2. The Kier molecular flexibility index (Phi) is 6.78. The number of nitrogens with one attached hydrogen (secondary N) is 1. The number of carbonyl (C=O) groups excluding carboxylic acids is 1. The number of hydrogen-bond acceptors (Lipinski definition) is 7. The zero-order valence-corrected chi connectivity index (χ0v) is 17.9. The van der Waals surface area contributed by atoms with E-state index in [-0.39, 0.29) is 35.9 Å². The maximum absolute atomic E-state index is 13.1. The van der Waals surface area contributed by atoms with Gasteiger partial charge in [-0.3, -0.25) is 19.8 Å². The highest BCUT2D eigenvalue weighted by Crippen LogP contribution is 2.23. The van der Waals surface area contributed by atoms with Gasteiger partial charge in [0, 0.05) is 54.8 Å². The molecule has 3 rings (SSSR count). The summed E-state index contributed by atoms with van der Waals surface area (Å²) in [6, 6.07) is 11.9.